The van der Waals surface area contributed by atoms with E-state index in [0.29, 0.717) is 16.1 Å². The first kappa shape index (κ1) is 19.8. The molecule has 3 aromatic carbocycles. The minimum Gasteiger partial charge on any atom is -0.379 e. The molecule has 0 unspecified atom stereocenters. The van der Waals surface area contributed by atoms with E-state index in [9.17, 15) is 18.0 Å². The molecule has 7 heteroatoms. The Morgan fingerprint density at radius 3 is 1.96 bits per heavy atom. The van der Waals surface area contributed by atoms with E-state index in [4.69, 9.17) is 15.8 Å². The van der Waals surface area contributed by atoms with Gasteiger partial charge in [-0.3, -0.25) is 9.59 Å². The Balaban J connectivity index is 1.80. The maximum atomic E-state index is 12.4. The molecule has 5 nitrogen and oxygen atoms in total. The van der Waals surface area contributed by atoms with E-state index in [2.05, 4.69) is 0 Å². The maximum absolute atomic E-state index is 12.4. The van der Waals surface area contributed by atoms with Crippen molar-refractivity contribution in [1.82, 2.24) is 0 Å². The van der Waals surface area contributed by atoms with Gasteiger partial charge in [0.05, 0.1) is 0 Å². The van der Waals surface area contributed by atoms with Gasteiger partial charge in [0.1, 0.15) is 10.6 Å². The number of carbonyl (C=O) groups is 2. The van der Waals surface area contributed by atoms with Crippen LogP contribution in [0.4, 0.5) is 0 Å². The van der Waals surface area contributed by atoms with Crippen LogP contribution in [0.1, 0.15) is 33.2 Å². The molecule has 3 rings (SSSR count). The molecule has 3 aromatic rings. The van der Waals surface area contributed by atoms with Crippen LogP contribution in [0.5, 0.6) is 5.75 Å². The van der Waals surface area contributed by atoms with Gasteiger partial charge in [-0.15, -0.1) is 0 Å². The summed E-state index contributed by atoms with van der Waals surface area (Å²) in [7, 11) is -4.11. The standard InChI is InChI=1S/C21H15ClO5S/c1-14(23)17-3-2-4-20(13-17)28(25,26)27-19-11-7-16(8-12-19)21(24)15-5-9-18(22)10-6-15/h2-13H,1H3. The summed E-state index contributed by atoms with van der Waals surface area (Å²) >= 11 is 5.82. The Morgan fingerprint density at radius 1 is 0.821 bits per heavy atom. The Kier molecular flexibility index (Phi) is 5.63. The predicted molar refractivity (Wildman–Crippen MR) is 106 cm³/mol. The molecule has 0 saturated carbocycles. The molecule has 0 aliphatic rings. The average molecular weight is 415 g/mol. The second-order valence-electron chi connectivity index (χ2n) is 5.98. The highest BCUT2D eigenvalue weighted by Gasteiger charge is 2.18. The van der Waals surface area contributed by atoms with Gasteiger partial charge in [-0.05, 0) is 67.6 Å². The van der Waals surface area contributed by atoms with Gasteiger partial charge in [-0.25, -0.2) is 0 Å². The summed E-state index contributed by atoms with van der Waals surface area (Å²) in [4.78, 5) is 23.8. The summed E-state index contributed by atoms with van der Waals surface area (Å²) in [6, 6.07) is 17.8. The van der Waals surface area contributed by atoms with Crippen molar-refractivity contribution in [2.24, 2.45) is 0 Å². The summed E-state index contributed by atoms with van der Waals surface area (Å²) in [5.41, 5.74) is 1.12. The largest absolute Gasteiger partial charge is 0.379 e. The Bertz CT molecular complexity index is 1130. The second-order valence-corrected chi connectivity index (χ2v) is 7.96. The lowest BCUT2D eigenvalue weighted by atomic mass is 10.0. The van der Waals surface area contributed by atoms with E-state index in [0.717, 1.165) is 0 Å². The number of hydrogen-bond donors (Lipinski definition) is 0. The lowest BCUT2D eigenvalue weighted by Gasteiger charge is -2.08. The van der Waals surface area contributed by atoms with Crippen molar-refractivity contribution >= 4 is 33.3 Å². The van der Waals surface area contributed by atoms with E-state index in [-0.39, 0.29) is 27.8 Å². The van der Waals surface area contributed by atoms with Gasteiger partial charge in [0.2, 0.25) is 0 Å². The molecular weight excluding hydrogens is 400 g/mol. The normalized spacial score (nSPS) is 11.1. The van der Waals surface area contributed by atoms with E-state index in [1.54, 1.807) is 24.3 Å². The molecule has 0 aliphatic carbocycles. The van der Waals surface area contributed by atoms with Crippen molar-refractivity contribution in [3.05, 3.63) is 94.5 Å². The fourth-order valence-electron chi connectivity index (χ4n) is 2.48. The van der Waals surface area contributed by atoms with Gasteiger partial charge in [0.15, 0.2) is 11.6 Å². The fourth-order valence-corrected chi connectivity index (χ4v) is 3.58. The molecule has 0 saturated heterocycles. The van der Waals surface area contributed by atoms with Gasteiger partial charge in [-0.1, -0.05) is 23.7 Å². The summed E-state index contributed by atoms with van der Waals surface area (Å²) in [6.45, 7) is 1.35. The lowest BCUT2D eigenvalue weighted by Crippen LogP contribution is -2.11. The second kappa shape index (κ2) is 7.96. The molecule has 0 spiro atoms. The summed E-state index contributed by atoms with van der Waals surface area (Å²) in [5.74, 6) is -0.414. The number of benzene rings is 3. The highest BCUT2D eigenvalue weighted by molar-refractivity contribution is 7.87. The average Bonchev–Trinajstić information content (AvgIpc) is 2.68. The Labute approximate surface area is 167 Å². The number of ketones is 2. The zero-order valence-corrected chi connectivity index (χ0v) is 16.3. The van der Waals surface area contributed by atoms with Crippen LogP contribution in [0.25, 0.3) is 0 Å². The molecule has 0 aliphatic heterocycles. The molecule has 0 amide bonds. The van der Waals surface area contributed by atoms with Crippen molar-refractivity contribution in [2.45, 2.75) is 11.8 Å². The topological polar surface area (TPSA) is 77.5 Å². The molecule has 0 heterocycles. The van der Waals surface area contributed by atoms with Crippen molar-refractivity contribution in [2.75, 3.05) is 0 Å². The first-order valence-corrected chi connectivity index (χ1v) is 10.0. The zero-order chi connectivity index (χ0) is 20.3. The van der Waals surface area contributed by atoms with Gasteiger partial charge < -0.3 is 4.18 Å². The molecule has 0 aromatic heterocycles. The van der Waals surface area contributed by atoms with Crippen molar-refractivity contribution in [1.29, 1.82) is 0 Å². The molecule has 0 bridgehead atoms. The molecular formula is C21H15ClO5S. The maximum Gasteiger partial charge on any atom is 0.339 e. The van der Waals surface area contributed by atoms with Crippen LogP contribution in [-0.4, -0.2) is 20.0 Å². The molecule has 0 fully saturated rings. The Hall–Kier alpha value is -2.96. The first-order valence-electron chi connectivity index (χ1n) is 8.22. The van der Waals surface area contributed by atoms with Crippen LogP contribution in [0.2, 0.25) is 5.02 Å². The van der Waals surface area contributed by atoms with Crippen LogP contribution in [0.15, 0.2) is 77.7 Å². The molecule has 28 heavy (non-hydrogen) atoms. The number of halogens is 1. The smallest absolute Gasteiger partial charge is 0.339 e. The van der Waals surface area contributed by atoms with Gasteiger partial charge in [-0.2, -0.15) is 8.42 Å². The number of carbonyl (C=O) groups excluding carboxylic acids is 2. The van der Waals surface area contributed by atoms with E-state index >= 15 is 0 Å². The van der Waals surface area contributed by atoms with Gasteiger partial charge >= 0.3 is 10.1 Å². The molecule has 0 atom stereocenters. The summed E-state index contributed by atoms with van der Waals surface area (Å²) in [6.07, 6.45) is 0. The monoisotopic (exact) mass is 414 g/mol. The van der Waals surface area contributed by atoms with Crippen molar-refractivity contribution in [3.8, 4) is 5.75 Å². The van der Waals surface area contributed by atoms with Gasteiger partial charge in [0.25, 0.3) is 0 Å². The fraction of sp³-hybridized carbons (Fsp3) is 0.0476. The van der Waals surface area contributed by atoms with E-state index in [1.165, 1.54) is 55.5 Å². The summed E-state index contributed by atoms with van der Waals surface area (Å²) < 4.78 is 30.0. The van der Waals surface area contributed by atoms with E-state index < -0.39 is 10.1 Å². The number of Topliss-reactive ketones (excluding diaryl/α,β-unsaturated/α-hetero) is 1. The minimum absolute atomic E-state index is 0.0564. The third-order valence-corrected chi connectivity index (χ3v) is 5.45. The highest BCUT2D eigenvalue weighted by Crippen LogP contribution is 2.21. The van der Waals surface area contributed by atoms with Crippen LogP contribution in [-0.2, 0) is 10.1 Å². The quantitative estimate of drug-likeness (QED) is 0.437. The predicted octanol–water partition coefficient (Wildman–Crippen LogP) is 4.54. The third-order valence-electron chi connectivity index (χ3n) is 3.96. The van der Waals surface area contributed by atoms with Crippen molar-refractivity contribution in [3.63, 3.8) is 0 Å². The number of rotatable bonds is 6. The third kappa shape index (κ3) is 4.47. The Morgan fingerprint density at radius 2 is 1.39 bits per heavy atom. The minimum atomic E-state index is -4.11. The van der Waals surface area contributed by atoms with Crippen LogP contribution in [0, 0.1) is 0 Å². The molecule has 0 radical (unpaired) electrons. The lowest BCUT2D eigenvalue weighted by molar-refractivity contribution is 0.101. The van der Waals surface area contributed by atoms with Crippen LogP contribution in [0.3, 0.4) is 0 Å². The van der Waals surface area contributed by atoms with E-state index in [1.807, 2.05) is 0 Å². The molecule has 142 valence electrons. The summed E-state index contributed by atoms with van der Waals surface area (Å²) in [5, 5.41) is 0.527. The van der Waals surface area contributed by atoms with Gasteiger partial charge in [0, 0.05) is 21.7 Å². The van der Waals surface area contributed by atoms with Crippen LogP contribution < -0.4 is 4.18 Å². The SMILES string of the molecule is CC(=O)c1cccc(S(=O)(=O)Oc2ccc(C(=O)c3ccc(Cl)cc3)cc2)c1. The van der Waals surface area contributed by atoms with Crippen molar-refractivity contribution < 1.29 is 22.2 Å². The highest BCUT2D eigenvalue weighted by atomic mass is 35.5. The first-order chi connectivity index (χ1) is 13.3. The molecule has 0 N–H and O–H groups in total. The zero-order valence-electron chi connectivity index (χ0n) is 14.8. The number of hydrogen-bond acceptors (Lipinski definition) is 5. The van der Waals surface area contributed by atoms with Crippen LogP contribution >= 0.6 is 11.6 Å².